The quantitative estimate of drug-likeness (QED) is 0.421. The summed E-state index contributed by atoms with van der Waals surface area (Å²) >= 11 is 5.78. The van der Waals surface area contributed by atoms with E-state index in [1.165, 1.54) is 18.2 Å². The van der Waals surface area contributed by atoms with Gasteiger partial charge in [0.15, 0.2) is 5.69 Å². The highest BCUT2D eigenvalue weighted by atomic mass is 35.5. The number of nitro benzene ring substituents is 1. The number of phenolic OH excluding ortho intramolecular Hbond substituents is 1. The number of nitrogens with zero attached hydrogens (tertiary/aromatic N) is 3. The average molecular weight is 348 g/mol. The predicted octanol–water partition coefficient (Wildman–Crippen LogP) is 5.98. The second-order valence-electron chi connectivity index (χ2n) is 6.52. The van der Waals surface area contributed by atoms with Crippen molar-refractivity contribution < 1.29 is 10.0 Å². The molecule has 6 nitrogen and oxygen atoms in total. The molecule has 0 amide bonds. The van der Waals surface area contributed by atoms with E-state index in [0.29, 0.717) is 0 Å². The Morgan fingerprint density at radius 3 is 2.33 bits per heavy atom. The molecule has 2 aromatic rings. The summed E-state index contributed by atoms with van der Waals surface area (Å²) < 4.78 is 0. The molecule has 0 radical (unpaired) electrons. The molecule has 0 aliphatic heterocycles. The van der Waals surface area contributed by atoms with Crippen molar-refractivity contribution in [1.82, 2.24) is 0 Å². The minimum absolute atomic E-state index is 0.0217. The smallest absolute Gasteiger partial charge is 0.298 e. The van der Waals surface area contributed by atoms with E-state index >= 15 is 0 Å². The molecule has 0 saturated heterocycles. The zero-order chi connectivity index (χ0) is 18.1. The van der Waals surface area contributed by atoms with Crippen LogP contribution in [-0.2, 0) is 5.41 Å². The van der Waals surface area contributed by atoms with Crippen LogP contribution < -0.4 is 0 Å². The summed E-state index contributed by atoms with van der Waals surface area (Å²) in [5.74, 6) is 0.0217. The lowest BCUT2D eigenvalue weighted by molar-refractivity contribution is -0.384. The Bertz CT molecular complexity index is 827. The van der Waals surface area contributed by atoms with Crippen LogP contribution in [0.2, 0.25) is 5.02 Å². The Labute approximate surface area is 145 Å². The van der Waals surface area contributed by atoms with Crippen LogP contribution in [0.1, 0.15) is 31.9 Å². The minimum Gasteiger partial charge on any atom is -0.505 e. The zero-order valence-electron chi connectivity index (χ0n) is 13.9. The van der Waals surface area contributed by atoms with Crippen LogP contribution in [0.5, 0.6) is 5.75 Å². The van der Waals surface area contributed by atoms with Crippen LogP contribution in [0.4, 0.5) is 17.1 Å². The average Bonchev–Trinajstić information content (AvgIpc) is 2.47. The largest absolute Gasteiger partial charge is 0.505 e. The maximum absolute atomic E-state index is 11.1. The highest BCUT2D eigenvalue weighted by Crippen LogP contribution is 2.40. The van der Waals surface area contributed by atoms with E-state index in [1.807, 2.05) is 33.8 Å². The van der Waals surface area contributed by atoms with Gasteiger partial charge in [-0.05, 0) is 36.1 Å². The lowest BCUT2D eigenvalue weighted by atomic mass is 9.85. The van der Waals surface area contributed by atoms with Gasteiger partial charge in [0.05, 0.1) is 4.92 Å². The van der Waals surface area contributed by atoms with Crippen molar-refractivity contribution in [2.24, 2.45) is 10.2 Å². The van der Waals surface area contributed by atoms with Gasteiger partial charge < -0.3 is 5.11 Å². The van der Waals surface area contributed by atoms with Gasteiger partial charge in [0.25, 0.3) is 5.69 Å². The van der Waals surface area contributed by atoms with Gasteiger partial charge in [0.2, 0.25) is 0 Å². The molecule has 0 unspecified atom stereocenters. The van der Waals surface area contributed by atoms with Crippen molar-refractivity contribution in [2.45, 2.75) is 33.1 Å². The Hall–Kier alpha value is -2.47. The van der Waals surface area contributed by atoms with Gasteiger partial charge in [0, 0.05) is 16.7 Å². The first-order valence-corrected chi connectivity index (χ1v) is 7.67. The predicted molar refractivity (Wildman–Crippen MR) is 93.8 cm³/mol. The first-order valence-electron chi connectivity index (χ1n) is 7.29. The third-order valence-corrected chi connectivity index (χ3v) is 3.68. The highest BCUT2D eigenvalue weighted by Gasteiger charge is 2.21. The molecule has 0 atom stereocenters. The molecule has 126 valence electrons. The Balaban J connectivity index is 2.51. The minimum atomic E-state index is -0.573. The number of phenols is 1. The lowest BCUT2D eigenvalue weighted by Crippen LogP contribution is -2.11. The maximum Gasteiger partial charge on any atom is 0.298 e. The summed E-state index contributed by atoms with van der Waals surface area (Å²) in [6, 6.07) is 7.70. The molecule has 0 aliphatic rings. The van der Waals surface area contributed by atoms with Crippen LogP contribution >= 0.6 is 11.6 Å². The number of aromatic hydroxyl groups is 1. The first kappa shape index (κ1) is 17.9. The van der Waals surface area contributed by atoms with Gasteiger partial charge in [-0.3, -0.25) is 10.1 Å². The number of rotatable bonds is 3. The summed E-state index contributed by atoms with van der Waals surface area (Å²) in [6.45, 7) is 7.82. The molecule has 0 heterocycles. The SMILES string of the molecule is Cc1cc(N=Nc2ccc(Cl)cc2[N+](=O)[O-])c(O)c(C(C)(C)C)c1. The molecule has 7 heteroatoms. The zero-order valence-corrected chi connectivity index (χ0v) is 14.6. The molecule has 0 fully saturated rings. The summed E-state index contributed by atoms with van der Waals surface area (Å²) in [6.07, 6.45) is 0. The third-order valence-electron chi connectivity index (χ3n) is 3.44. The van der Waals surface area contributed by atoms with Crippen LogP contribution in [-0.4, -0.2) is 10.0 Å². The number of azo groups is 1. The fourth-order valence-corrected chi connectivity index (χ4v) is 2.41. The molecule has 2 aromatic carbocycles. The van der Waals surface area contributed by atoms with Crippen LogP contribution in [0, 0.1) is 17.0 Å². The molecule has 2 rings (SSSR count). The molecular weight excluding hydrogens is 330 g/mol. The number of hydrogen-bond acceptors (Lipinski definition) is 5. The highest BCUT2D eigenvalue weighted by molar-refractivity contribution is 6.30. The number of benzene rings is 2. The Kier molecular flexibility index (Phi) is 4.89. The molecule has 0 spiro atoms. The van der Waals surface area contributed by atoms with E-state index in [-0.39, 0.29) is 33.2 Å². The summed E-state index contributed by atoms with van der Waals surface area (Å²) in [4.78, 5) is 10.5. The van der Waals surface area contributed by atoms with Crippen molar-refractivity contribution >= 4 is 28.7 Å². The van der Waals surface area contributed by atoms with Crippen molar-refractivity contribution in [3.63, 3.8) is 0 Å². The van der Waals surface area contributed by atoms with Gasteiger partial charge in [-0.1, -0.05) is 38.4 Å². The standard InChI is InChI=1S/C17H18ClN3O3/c1-10-7-12(17(2,3)4)16(22)14(8-10)20-19-13-6-5-11(18)9-15(13)21(23)24/h5-9,22H,1-4H3. The van der Waals surface area contributed by atoms with Gasteiger partial charge in [-0.2, -0.15) is 0 Å². The monoisotopic (exact) mass is 347 g/mol. The van der Waals surface area contributed by atoms with E-state index in [2.05, 4.69) is 10.2 Å². The summed E-state index contributed by atoms with van der Waals surface area (Å²) in [7, 11) is 0. The van der Waals surface area contributed by atoms with Crippen molar-refractivity contribution in [2.75, 3.05) is 0 Å². The molecular formula is C17H18ClN3O3. The van der Waals surface area contributed by atoms with Crippen molar-refractivity contribution in [3.8, 4) is 5.75 Å². The normalized spacial score (nSPS) is 11.9. The summed E-state index contributed by atoms with van der Waals surface area (Å²) in [5.41, 5.74) is 1.48. The number of aryl methyl sites for hydroxylation is 1. The Morgan fingerprint density at radius 2 is 1.75 bits per heavy atom. The maximum atomic E-state index is 11.1. The second-order valence-corrected chi connectivity index (χ2v) is 6.96. The lowest BCUT2D eigenvalue weighted by Gasteiger charge is -2.21. The molecule has 0 aromatic heterocycles. The van der Waals surface area contributed by atoms with Crippen LogP contribution in [0.3, 0.4) is 0 Å². The van der Waals surface area contributed by atoms with E-state index in [9.17, 15) is 15.2 Å². The number of halogens is 1. The molecule has 24 heavy (non-hydrogen) atoms. The van der Waals surface area contributed by atoms with Crippen molar-refractivity contribution in [1.29, 1.82) is 0 Å². The molecule has 1 N–H and O–H groups in total. The first-order chi connectivity index (χ1) is 11.1. The van der Waals surface area contributed by atoms with Gasteiger partial charge in [-0.25, -0.2) is 0 Å². The third kappa shape index (κ3) is 3.89. The van der Waals surface area contributed by atoms with Crippen molar-refractivity contribution in [3.05, 3.63) is 56.6 Å². The molecule has 0 bridgehead atoms. The van der Waals surface area contributed by atoms with Gasteiger partial charge >= 0.3 is 0 Å². The summed E-state index contributed by atoms with van der Waals surface area (Å²) in [5, 5.41) is 29.7. The topological polar surface area (TPSA) is 88.1 Å². The van der Waals surface area contributed by atoms with E-state index < -0.39 is 4.92 Å². The van der Waals surface area contributed by atoms with E-state index in [4.69, 9.17) is 11.6 Å². The van der Waals surface area contributed by atoms with E-state index in [1.54, 1.807) is 6.07 Å². The fourth-order valence-electron chi connectivity index (χ4n) is 2.24. The van der Waals surface area contributed by atoms with E-state index in [0.717, 1.165) is 11.1 Å². The van der Waals surface area contributed by atoms with Gasteiger partial charge in [-0.15, -0.1) is 10.2 Å². The Morgan fingerprint density at radius 1 is 1.12 bits per heavy atom. The number of nitro groups is 1. The van der Waals surface area contributed by atoms with Crippen LogP contribution in [0.25, 0.3) is 0 Å². The van der Waals surface area contributed by atoms with Gasteiger partial charge in [0.1, 0.15) is 11.4 Å². The number of hydrogen-bond donors (Lipinski definition) is 1. The molecule has 0 saturated carbocycles. The fraction of sp³-hybridized carbons (Fsp3) is 0.294. The molecule has 0 aliphatic carbocycles. The second kappa shape index (κ2) is 6.57. The van der Waals surface area contributed by atoms with Crippen LogP contribution in [0.15, 0.2) is 40.6 Å².